The molecule has 3 heteroatoms. The van der Waals surface area contributed by atoms with E-state index in [9.17, 15) is 9.90 Å². The van der Waals surface area contributed by atoms with Crippen molar-refractivity contribution in [3.63, 3.8) is 0 Å². The summed E-state index contributed by atoms with van der Waals surface area (Å²) in [5, 5.41) is 12.0. The summed E-state index contributed by atoms with van der Waals surface area (Å²) in [6.45, 7) is 4.23. The highest BCUT2D eigenvalue weighted by Crippen LogP contribution is 2.17. The highest BCUT2D eigenvalue weighted by atomic mass is 16.3. The average molecular weight is 255 g/mol. The van der Waals surface area contributed by atoms with Gasteiger partial charge in [0, 0.05) is 11.3 Å². The summed E-state index contributed by atoms with van der Waals surface area (Å²) in [7, 11) is 0. The van der Waals surface area contributed by atoms with E-state index in [1.165, 1.54) is 17.7 Å². The van der Waals surface area contributed by atoms with Crippen molar-refractivity contribution >= 4 is 11.6 Å². The maximum absolute atomic E-state index is 12.0. The largest absolute Gasteiger partial charge is 0.508 e. The zero-order valence-corrected chi connectivity index (χ0v) is 11.1. The van der Waals surface area contributed by atoms with E-state index in [0.717, 1.165) is 0 Å². The fourth-order valence-electron chi connectivity index (χ4n) is 1.77. The van der Waals surface area contributed by atoms with Gasteiger partial charge in [0.05, 0.1) is 0 Å². The Labute approximate surface area is 112 Å². The van der Waals surface area contributed by atoms with Crippen molar-refractivity contribution in [2.45, 2.75) is 19.8 Å². The van der Waals surface area contributed by atoms with Crippen LogP contribution in [0, 0.1) is 0 Å². The fraction of sp³-hybridized carbons (Fsp3) is 0.188. The molecule has 0 aliphatic rings. The molecule has 2 N–H and O–H groups in total. The third-order valence-corrected chi connectivity index (χ3v) is 2.96. The Morgan fingerprint density at radius 1 is 1.00 bits per heavy atom. The molecule has 0 heterocycles. The van der Waals surface area contributed by atoms with Gasteiger partial charge in [-0.25, -0.2) is 0 Å². The van der Waals surface area contributed by atoms with Crippen LogP contribution < -0.4 is 5.32 Å². The third kappa shape index (κ3) is 3.35. The second kappa shape index (κ2) is 5.57. The molecule has 0 radical (unpaired) electrons. The molecule has 98 valence electrons. The van der Waals surface area contributed by atoms with Gasteiger partial charge in [0.2, 0.25) is 0 Å². The molecular weight excluding hydrogens is 238 g/mol. The SMILES string of the molecule is CC(C)c1ccc(C(=O)Nc2ccc(O)cc2)cc1. The number of anilines is 1. The minimum Gasteiger partial charge on any atom is -0.508 e. The number of phenols is 1. The zero-order valence-electron chi connectivity index (χ0n) is 11.1. The first kappa shape index (κ1) is 13.1. The van der Waals surface area contributed by atoms with Crippen molar-refractivity contribution in [2.75, 3.05) is 5.32 Å². The van der Waals surface area contributed by atoms with Crippen LogP contribution in [0.25, 0.3) is 0 Å². The van der Waals surface area contributed by atoms with Crippen molar-refractivity contribution < 1.29 is 9.90 Å². The van der Waals surface area contributed by atoms with E-state index in [2.05, 4.69) is 19.2 Å². The Morgan fingerprint density at radius 3 is 2.11 bits per heavy atom. The van der Waals surface area contributed by atoms with Gasteiger partial charge >= 0.3 is 0 Å². The number of hydrogen-bond acceptors (Lipinski definition) is 2. The molecule has 0 atom stereocenters. The van der Waals surface area contributed by atoms with Gasteiger partial charge < -0.3 is 10.4 Å². The second-order valence-corrected chi connectivity index (χ2v) is 4.78. The Bertz CT molecular complexity index is 556. The molecule has 0 bridgehead atoms. The smallest absolute Gasteiger partial charge is 0.255 e. The van der Waals surface area contributed by atoms with E-state index in [-0.39, 0.29) is 11.7 Å². The number of nitrogens with one attached hydrogen (secondary N) is 1. The van der Waals surface area contributed by atoms with Crippen molar-refractivity contribution in [2.24, 2.45) is 0 Å². The number of amides is 1. The molecule has 19 heavy (non-hydrogen) atoms. The van der Waals surface area contributed by atoms with E-state index in [1.807, 2.05) is 24.3 Å². The molecule has 2 aromatic carbocycles. The van der Waals surface area contributed by atoms with Gasteiger partial charge in [0.15, 0.2) is 0 Å². The predicted molar refractivity (Wildman–Crippen MR) is 76.6 cm³/mol. The third-order valence-electron chi connectivity index (χ3n) is 2.96. The van der Waals surface area contributed by atoms with Crippen LogP contribution in [0.15, 0.2) is 48.5 Å². The maximum Gasteiger partial charge on any atom is 0.255 e. The van der Waals surface area contributed by atoms with Crippen LogP contribution in [-0.4, -0.2) is 11.0 Å². The first-order chi connectivity index (χ1) is 9.06. The molecular formula is C16H17NO2. The number of hydrogen-bond donors (Lipinski definition) is 2. The molecule has 0 saturated carbocycles. The molecule has 0 fully saturated rings. The molecule has 1 amide bonds. The van der Waals surface area contributed by atoms with Gasteiger partial charge in [0.25, 0.3) is 5.91 Å². The Hall–Kier alpha value is -2.29. The van der Waals surface area contributed by atoms with Crippen LogP contribution in [0.4, 0.5) is 5.69 Å². The van der Waals surface area contributed by atoms with Crippen molar-refractivity contribution in [1.29, 1.82) is 0 Å². The highest BCUT2D eigenvalue weighted by molar-refractivity contribution is 6.04. The summed E-state index contributed by atoms with van der Waals surface area (Å²) in [6.07, 6.45) is 0. The molecule has 0 aliphatic carbocycles. The van der Waals surface area contributed by atoms with Crippen LogP contribution in [-0.2, 0) is 0 Å². The fourth-order valence-corrected chi connectivity index (χ4v) is 1.77. The number of carbonyl (C=O) groups is 1. The summed E-state index contributed by atoms with van der Waals surface area (Å²) in [4.78, 5) is 12.0. The second-order valence-electron chi connectivity index (χ2n) is 4.78. The minimum atomic E-state index is -0.152. The minimum absolute atomic E-state index is 0.152. The van der Waals surface area contributed by atoms with E-state index in [4.69, 9.17) is 0 Å². The molecule has 0 aliphatic heterocycles. The van der Waals surface area contributed by atoms with Gasteiger partial charge in [-0.2, -0.15) is 0 Å². The van der Waals surface area contributed by atoms with Crippen molar-refractivity contribution in [3.8, 4) is 5.75 Å². The Kier molecular flexibility index (Phi) is 3.85. The Balaban J connectivity index is 2.09. The summed E-state index contributed by atoms with van der Waals surface area (Å²) >= 11 is 0. The molecule has 0 saturated heterocycles. The average Bonchev–Trinajstić information content (AvgIpc) is 2.41. The number of phenolic OH excluding ortho intramolecular Hbond substituents is 1. The molecule has 3 nitrogen and oxygen atoms in total. The van der Waals surface area contributed by atoms with E-state index in [0.29, 0.717) is 17.2 Å². The Morgan fingerprint density at radius 2 is 1.58 bits per heavy atom. The molecule has 0 unspecified atom stereocenters. The van der Waals surface area contributed by atoms with Gasteiger partial charge in [-0.15, -0.1) is 0 Å². The zero-order chi connectivity index (χ0) is 13.8. The van der Waals surface area contributed by atoms with Crippen LogP contribution in [0.2, 0.25) is 0 Å². The lowest BCUT2D eigenvalue weighted by atomic mass is 10.0. The van der Waals surface area contributed by atoms with Gasteiger partial charge in [-0.05, 0) is 47.9 Å². The number of rotatable bonds is 3. The molecule has 2 rings (SSSR count). The highest BCUT2D eigenvalue weighted by Gasteiger charge is 2.06. The normalized spacial score (nSPS) is 10.5. The maximum atomic E-state index is 12.0. The van der Waals surface area contributed by atoms with Crippen LogP contribution in [0.3, 0.4) is 0 Å². The first-order valence-corrected chi connectivity index (χ1v) is 6.26. The van der Waals surface area contributed by atoms with Gasteiger partial charge in [-0.1, -0.05) is 26.0 Å². The van der Waals surface area contributed by atoms with Crippen LogP contribution in [0.5, 0.6) is 5.75 Å². The number of benzene rings is 2. The van der Waals surface area contributed by atoms with Crippen LogP contribution >= 0.6 is 0 Å². The standard InChI is InChI=1S/C16H17NO2/c1-11(2)12-3-5-13(6-4-12)16(19)17-14-7-9-15(18)10-8-14/h3-11,18H,1-2H3,(H,17,19). The van der Waals surface area contributed by atoms with E-state index < -0.39 is 0 Å². The van der Waals surface area contributed by atoms with Crippen LogP contribution in [0.1, 0.15) is 35.7 Å². The lowest BCUT2D eigenvalue weighted by molar-refractivity contribution is 0.102. The molecule has 0 spiro atoms. The van der Waals surface area contributed by atoms with Gasteiger partial charge in [-0.3, -0.25) is 4.79 Å². The summed E-state index contributed by atoms with van der Waals surface area (Å²) in [5.74, 6) is 0.481. The number of carbonyl (C=O) groups excluding carboxylic acids is 1. The number of aromatic hydroxyl groups is 1. The van der Waals surface area contributed by atoms with E-state index in [1.54, 1.807) is 12.1 Å². The molecule has 2 aromatic rings. The predicted octanol–water partition coefficient (Wildman–Crippen LogP) is 3.77. The van der Waals surface area contributed by atoms with E-state index >= 15 is 0 Å². The summed E-state index contributed by atoms with van der Waals surface area (Å²) in [5.41, 5.74) is 2.49. The lowest BCUT2D eigenvalue weighted by Gasteiger charge is -2.08. The molecule has 0 aromatic heterocycles. The lowest BCUT2D eigenvalue weighted by Crippen LogP contribution is -2.11. The quantitative estimate of drug-likeness (QED) is 0.820. The monoisotopic (exact) mass is 255 g/mol. The van der Waals surface area contributed by atoms with Crippen molar-refractivity contribution in [3.05, 3.63) is 59.7 Å². The van der Waals surface area contributed by atoms with Gasteiger partial charge in [0.1, 0.15) is 5.75 Å². The first-order valence-electron chi connectivity index (χ1n) is 6.26. The summed E-state index contributed by atoms with van der Waals surface area (Å²) < 4.78 is 0. The topological polar surface area (TPSA) is 49.3 Å². The van der Waals surface area contributed by atoms with Crippen molar-refractivity contribution in [1.82, 2.24) is 0 Å². The summed E-state index contributed by atoms with van der Waals surface area (Å²) in [6, 6.07) is 14.0.